The lowest BCUT2D eigenvalue weighted by Crippen LogP contribution is -2.19. The number of aliphatic imine (C=N–C) groups is 1. The molecule has 2 aromatic carbocycles. The molecule has 2 aliphatic rings. The van der Waals surface area contributed by atoms with E-state index in [0.29, 0.717) is 24.6 Å². The molecule has 0 saturated heterocycles. The number of rotatable bonds is 4. The van der Waals surface area contributed by atoms with E-state index in [9.17, 15) is 36.0 Å². The predicted octanol–water partition coefficient (Wildman–Crippen LogP) is 3.41. The molecule has 4 rings (SSSR count). The Morgan fingerprint density at radius 3 is 2.50 bits per heavy atom. The molecule has 36 heavy (non-hydrogen) atoms. The van der Waals surface area contributed by atoms with Crippen LogP contribution >= 0.6 is 0 Å². The fourth-order valence-corrected chi connectivity index (χ4v) is 5.48. The van der Waals surface area contributed by atoms with Crippen molar-refractivity contribution in [1.82, 2.24) is 0 Å². The van der Waals surface area contributed by atoms with Crippen LogP contribution in [-0.4, -0.2) is 43.1 Å². The summed E-state index contributed by atoms with van der Waals surface area (Å²) in [4.78, 5) is 16.1. The second kappa shape index (κ2) is 9.40. The van der Waals surface area contributed by atoms with Crippen molar-refractivity contribution in [1.29, 1.82) is 5.26 Å². The summed E-state index contributed by atoms with van der Waals surface area (Å²) in [6.45, 7) is 1.53. The highest BCUT2D eigenvalue weighted by atomic mass is 32.2. The molecule has 0 aromatic heterocycles. The van der Waals surface area contributed by atoms with Crippen LogP contribution in [0.25, 0.3) is 0 Å². The van der Waals surface area contributed by atoms with E-state index in [1.807, 2.05) is 24.3 Å². The molecule has 1 atom stereocenters. The lowest BCUT2D eigenvalue weighted by molar-refractivity contribution is -0.113. The van der Waals surface area contributed by atoms with Gasteiger partial charge in [-0.3, -0.25) is 24.3 Å². The van der Waals surface area contributed by atoms with Gasteiger partial charge in [0.15, 0.2) is 5.78 Å². The summed E-state index contributed by atoms with van der Waals surface area (Å²) in [5.74, 6) is -0.429. The van der Waals surface area contributed by atoms with Crippen molar-refractivity contribution in [3.05, 3.63) is 59.2 Å². The molecule has 0 radical (unpaired) electrons. The summed E-state index contributed by atoms with van der Waals surface area (Å²) < 4.78 is 65.3. The lowest BCUT2D eigenvalue weighted by Gasteiger charge is -2.23. The second-order valence-electron chi connectivity index (χ2n) is 8.27. The van der Waals surface area contributed by atoms with Gasteiger partial charge in [-0.15, -0.1) is 0 Å². The fraction of sp³-hybridized carbons (Fsp3) is 0.217. The van der Waals surface area contributed by atoms with E-state index < -0.39 is 35.8 Å². The zero-order valence-electron chi connectivity index (χ0n) is 18.8. The number of anilines is 1. The van der Waals surface area contributed by atoms with Crippen molar-refractivity contribution in [2.24, 2.45) is 10.1 Å². The van der Waals surface area contributed by atoms with E-state index in [-0.39, 0.29) is 34.9 Å². The molecule has 1 aliphatic heterocycles. The van der Waals surface area contributed by atoms with Crippen LogP contribution in [0.1, 0.15) is 37.7 Å². The predicted molar refractivity (Wildman–Crippen MR) is 131 cm³/mol. The number of nitriles is 1. The first-order chi connectivity index (χ1) is 16.9. The maximum Gasteiger partial charge on any atom is 0.296 e. The van der Waals surface area contributed by atoms with E-state index in [1.165, 1.54) is 6.92 Å². The molecule has 1 aliphatic carbocycles. The number of fused-ring (bicyclic) bond motifs is 4. The molecular formula is C23H20N4O7S2. The average molecular weight is 529 g/mol. The number of nitrogens with one attached hydrogen (secondary N) is 1. The molecule has 0 saturated carbocycles. The minimum Gasteiger partial charge on any atom is -0.292 e. The standard InChI is InChI=1S/C23H20N4O7S2/c1-13-17(12-24)20-10-14(16-4-2-3-5-18(16)25-20)6-9-21(28)23(13)27-26-19-8-7-15(35(29,30)31)11-22(19)36(32,33)34/h2-5,7-8,11,14,26H,6,9-10H2,1H3,(H,29,30,31)(H,32,33,34)/b17-13-,27-23+. The van der Waals surface area contributed by atoms with Gasteiger partial charge < -0.3 is 0 Å². The summed E-state index contributed by atoms with van der Waals surface area (Å²) in [5, 5.41) is 14.0. The number of hydrogen-bond donors (Lipinski definition) is 3. The van der Waals surface area contributed by atoms with Crippen LogP contribution in [-0.2, 0) is 25.0 Å². The van der Waals surface area contributed by atoms with Crippen LogP contribution in [0.2, 0.25) is 0 Å². The van der Waals surface area contributed by atoms with Crippen molar-refractivity contribution in [3.63, 3.8) is 0 Å². The van der Waals surface area contributed by atoms with Gasteiger partial charge in [0, 0.05) is 6.42 Å². The highest BCUT2D eigenvalue weighted by molar-refractivity contribution is 7.86. The monoisotopic (exact) mass is 528 g/mol. The molecule has 0 amide bonds. The van der Waals surface area contributed by atoms with Gasteiger partial charge in [0.05, 0.1) is 27.6 Å². The van der Waals surface area contributed by atoms with Crippen molar-refractivity contribution in [2.75, 3.05) is 5.43 Å². The number of benzene rings is 2. The summed E-state index contributed by atoms with van der Waals surface area (Å²) in [6, 6.07) is 12.0. The third kappa shape index (κ3) is 4.98. The smallest absolute Gasteiger partial charge is 0.292 e. The van der Waals surface area contributed by atoms with Gasteiger partial charge in [0.1, 0.15) is 16.7 Å². The minimum atomic E-state index is -4.95. The quantitative estimate of drug-likeness (QED) is 0.395. The molecular weight excluding hydrogens is 508 g/mol. The second-order valence-corrected chi connectivity index (χ2v) is 11.1. The SMILES string of the molecule is C/C1=C(\C#N)C2=Nc3ccccc3C(CCC(=O)\C1=N\Nc1ccc(S(=O)(=O)O)cc1S(=O)(=O)O)C2. The van der Waals surface area contributed by atoms with Gasteiger partial charge in [0.2, 0.25) is 0 Å². The molecule has 1 unspecified atom stereocenters. The first kappa shape index (κ1) is 25.4. The Morgan fingerprint density at radius 2 is 1.83 bits per heavy atom. The van der Waals surface area contributed by atoms with Crippen molar-refractivity contribution in [2.45, 2.75) is 41.9 Å². The molecule has 0 fully saturated rings. The Bertz CT molecular complexity index is 1630. The van der Waals surface area contributed by atoms with Gasteiger partial charge in [-0.25, -0.2) is 0 Å². The maximum atomic E-state index is 13.1. The summed E-state index contributed by atoms with van der Waals surface area (Å²) in [6.07, 6.45) is 1.03. The van der Waals surface area contributed by atoms with E-state index in [4.69, 9.17) is 0 Å². The van der Waals surface area contributed by atoms with Crippen LogP contribution in [0, 0.1) is 11.3 Å². The summed E-state index contributed by atoms with van der Waals surface area (Å²) in [5.41, 5.74) is 4.53. The van der Waals surface area contributed by atoms with E-state index >= 15 is 0 Å². The Hall–Kier alpha value is -3.70. The zero-order chi connectivity index (χ0) is 26.3. The molecule has 2 bridgehead atoms. The van der Waals surface area contributed by atoms with E-state index in [1.54, 1.807) is 0 Å². The molecule has 3 N–H and O–H groups in total. The number of allylic oxidation sites excluding steroid dienone is 2. The van der Waals surface area contributed by atoms with Gasteiger partial charge in [-0.05, 0) is 61.1 Å². The number of carbonyl (C=O) groups is 1. The molecule has 1 heterocycles. The lowest BCUT2D eigenvalue weighted by atomic mass is 9.84. The number of nitrogens with zero attached hydrogens (tertiary/aromatic N) is 3. The van der Waals surface area contributed by atoms with E-state index in [2.05, 4.69) is 21.6 Å². The van der Waals surface area contributed by atoms with Crippen molar-refractivity contribution in [3.8, 4) is 6.07 Å². The van der Waals surface area contributed by atoms with Crippen LogP contribution in [0.4, 0.5) is 11.4 Å². The molecule has 2 aromatic rings. The van der Waals surface area contributed by atoms with Gasteiger partial charge in [-0.2, -0.15) is 27.2 Å². The Kier molecular flexibility index (Phi) is 6.63. The van der Waals surface area contributed by atoms with Gasteiger partial charge in [0.25, 0.3) is 20.2 Å². The molecule has 0 spiro atoms. The normalized spacial score (nSPS) is 21.5. The number of carbonyl (C=O) groups excluding carboxylic acids is 1. The highest BCUT2D eigenvalue weighted by Gasteiger charge is 2.30. The Morgan fingerprint density at radius 1 is 1.11 bits per heavy atom. The van der Waals surface area contributed by atoms with Gasteiger partial charge in [-0.1, -0.05) is 18.2 Å². The van der Waals surface area contributed by atoms with Crippen LogP contribution in [0.15, 0.2) is 73.5 Å². The number of hydrogen-bond acceptors (Lipinski definition) is 9. The van der Waals surface area contributed by atoms with E-state index in [0.717, 1.165) is 23.4 Å². The minimum absolute atomic E-state index is 0.0276. The highest BCUT2D eigenvalue weighted by Crippen LogP contribution is 2.39. The zero-order valence-corrected chi connectivity index (χ0v) is 20.5. The maximum absolute atomic E-state index is 13.1. The third-order valence-electron chi connectivity index (χ3n) is 6.00. The van der Waals surface area contributed by atoms with Crippen LogP contribution in [0.3, 0.4) is 0 Å². The first-order valence-electron chi connectivity index (χ1n) is 10.6. The summed E-state index contributed by atoms with van der Waals surface area (Å²) in [7, 11) is -9.71. The van der Waals surface area contributed by atoms with Crippen LogP contribution in [0.5, 0.6) is 0 Å². The molecule has 13 heteroatoms. The largest absolute Gasteiger partial charge is 0.296 e. The molecule has 11 nitrogen and oxygen atoms in total. The van der Waals surface area contributed by atoms with Crippen LogP contribution < -0.4 is 5.43 Å². The molecule has 186 valence electrons. The van der Waals surface area contributed by atoms with Crippen molar-refractivity contribution >= 4 is 48.8 Å². The van der Waals surface area contributed by atoms with Gasteiger partial charge >= 0.3 is 0 Å². The number of para-hydroxylation sites is 1. The number of ketones is 1. The third-order valence-corrected chi connectivity index (χ3v) is 7.75. The number of hydrazone groups is 1. The fourth-order valence-electron chi connectivity index (χ4n) is 4.23. The summed E-state index contributed by atoms with van der Waals surface area (Å²) >= 11 is 0. The Labute approximate surface area is 207 Å². The Balaban J connectivity index is 1.82. The topological polar surface area (TPSA) is 186 Å². The van der Waals surface area contributed by atoms with Crippen molar-refractivity contribution < 1.29 is 30.7 Å². The average Bonchev–Trinajstić information content (AvgIpc) is 2.84. The first-order valence-corrected chi connectivity index (χ1v) is 13.5. The number of Topliss-reactive ketones (excluding diaryl/α,β-unsaturated/α-hetero) is 1.